The van der Waals surface area contributed by atoms with Gasteiger partial charge < -0.3 is 10.6 Å². The van der Waals surface area contributed by atoms with Gasteiger partial charge in [-0.05, 0) is 43.2 Å². The molecule has 0 fully saturated rings. The van der Waals surface area contributed by atoms with E-state index in [0.29, 0.717) is 6.41 Å². The molecule has 1 amide bonds. The molecule has 1 aromatic heterocycles. The summed E-state index contributed by atoms with van der Waals surface area (Å²) in [4.78, 5) is 14.9. The average Bonchev–Trinajstić information content (AvgIpc) is 2.47. The number of aromatic nitrogens is 1. The number of nitrogens with one attached hydrogen (secondary N) is 2. The summed E-state index contributed by atoms with van der Waals surface area (Å²) in [5.74, 6) is 0. The molecule has 1 aromatic carbocycles. The number of anilines is 2. The van der Waals surface area contributed by atoms with Crippen molar-refractivity contribution in [2.24, 2.45) is 0 Å². The first-order valence-corrected chi connectivity index (χ1v) is 6.66. The number of nitrogens with zero attached hydrogens (tertiary/aromatic N) is 1. The van der Waals surface area contributed by atoms with Crippen LogP contribution in [0.3, 0.4) is 0 Å². The Hall–Kier alpha value is -2.36. The van der Waals surface area contributed by atoms with Crippen molar-refractivity contribution in [3.63, 3.8) is 0 Å². The fraction of sp³-hybridized carbons (Fsp3) is 0.250. The van der Waals surface area contributed by atoms with Gasteiger partial charge in [-0.3, -0.25) is 9.78 Å². The molecule has 2 rings (SSSR count). The Balaban J connectivity index is 2.05. The van der Waals surface area contributed by atoms with Gasteiger partial charge in [0.1, 0.15) is 0 Å². The molecule has 20 heavy (non-hydrogen) atoms. The van der Waals surface area contributed by atoms with Gasteiger partial charge >= 0.3 is 0 Å². The van der Waals surface area contributed by atoms with E-state index in [4.69, 9.17) is 0 Å². The van der Waals surface area contributed by atoms with E-state index in [1.165, 1.54) is 5.56 Å². The zero-order valence-corrected chi connectivity index (χ0v) is 11.8. The Labute approximate surface area is 119 Å². The lowest BCUT2D eigenvalue weighted by molar-refractivity contribution is -0.105. The molecule has 0 radical (unpaired) electrons. The van der Waals surface area contributed by atoms with Crippen LogP contribution in [0.4, 0.5) is 11.4 Å². The predicted molar refractivity (Wildman–Crippen MR) is 82.0 cm³/mol. The summed E-state index contributed by atoms with van der Waals surface area (Å²) >= 11 is 0. The Kier molecular flexibility index (Phi) is 4.71. The highest BCUT2D eigenvalue weighted by molar-refractivity contribution is 5.78. The zero-order valence-electron chi connectivity index (χ0n) is 11.8. The molecule has 0 saturated carbocycles. The van der Waals surface area contributed by atoms with Crippen LogP contribution in [0.25, 0.3) is 0 Å². The summed E-state index contributed by atoms with van der Waals surface area (Å²) < 4.78 is 0. The molecule has 0 spiro atoms. The van der Waals surface area contributed by atoms with Crippen molar-refractivity contribution in [2.75, 3.05) is 17.2 Å². The lowest BCUT2D eigenvalue weighted by Gasteiger charge is -2.15. The summed E-state index contributed by atoms with van der Waals surface area (Å²) in [6.07, 6.45) is 3.38. The van der Waals surface area contributed by atoms with Gasteiger partial charge in [0.15, 0.2) is 0 Å². The van der Waals surface area contributed by atoms with Crippen molar-refractivity contribution in [1.29, 1.82) is 0 Å². The first-order chi connectivity index (χ1) is 9.72. The SMILES string of the molecule is Cc1ccc(NC=O)c(C)c1NCCc1ccccn1. The van der Waals surface area contributed by atoms with Gasteiger partial charge in [-0.15, -0.1) is 0 Å². The molecule has 2 N–H and O–H groups in total. The Bertz CT molecular complexity index is 582. The monoisotopic (exact) mass is 269 g/mol. The van der Waals surface area contributed by atoms with Crippen molar-refractivity contribution in [1.82, 2.24) is 4.98 Å². The fourth-order valence-corrected chi connectivity index (χ4v) is 2.20. The third-order valence-electron chi connectivity index (χ3n) is 3.30. The minimum absolute atomic E-state index is 0.704. The largest absolute Gasteiger partial charge is 0.384 e. The summed E-state index contributed by atoms with van der Waals surface area (Å²) in [5.41, 5.74) is 5.20. The number of hydrogen-bond donors (Lipinski definition) is 2. The van der Waals surface area contributed by atoms with E-state index in [1.54, 1.807) is 6.20 Å². The number of benzene rings is 1. The number of hydrogen-bond acceptors (Lipinski definition) is 3. The van der Waals surface area contributed by atoms with E-state index in [2.05, 4.69) is 22.5 Å². The second kappa shape index (κ2) is 6.70. The highest BCUT2D eigenvalue weighted by atomic mass is 16.1. The number of carbonyl (C=O) groups excluding carboxylic acids is 1. The standard InChI is InChI=1S/C16H19N3O/c1-12-6-7-15(19-11-20)13(2)16(12)18-10-8-14-5-3-4-9-17-14/h3-7,9,11,18H,8,10H2,1-2H3,(H,19,20). The van der Waals surface area contributed by atoms with Crippen LogP contribution < -0.4 is 10.6 Å². The van der Waals surface area contributed by atoms with Gasteiger partial charge in [-0.25, -0.2) is 0 Å². The van der Waals surface area contributed by atoms with Crippen molar-refractivity contribution < 1.29 is 4.79 Å². The summed E-state index contributed by atoms with van der Waals surface area (Å²) in [6.45, 7) is 4.87. The first-order valence-electron chi connectivity index (χ1n) is 6.66. The maximum atomic E-state index is 10.6. The molecule has 0 aliphatic carbocycles. The second-order valence-electron chi connectivity index (χ2n) is 4.69. The van der Waals surface area contributed by atoms with Gasteiger partial charge in [0.05, 0.1) is 0 Å². The summed E-state index contributed by atoms with van der Waals surface area (Å²) in [5, 5.41) is 6.15. The first kappa shape index (κ1) is 14.1. The van der Waals surface area contributed by atoms with Crippen molar-refractivity contribution in [3.8, 4) is 0 Å². The highest BCUT2D eigenvalue weighted by Crippen LogP contribution is 2.26. The van der Waals surface area contributed by atoms with Gasteiger partial charge in [0.25, 0.3) is 0 Å². The minimum atomic E-state index is 0.704. The third kappa shape index (κ3) is 3.35. The van der Waals surface area contributed by atoms with E-state index in [9.17, 15) is 4.79 Å². The van der Waals surface area contributed by atoms with Gasteiger partial charge in [-0.2, -0.15) is 0 Å². The number of carbonyl (C=O) groups is 1. The van der Waals surface area contributed by atoms with Crippen LogP contribution in [0.5, 0.6) is 0 Å². The van der Waals surface area contributed by atoms with E-state index in [1.807, 2.05) is 37.3 Å². The average molecular weight is 269 g/mol. The van der Waals surface area contributed by atoms with E-state index in [-0.39, 0.29) is 0 Å². The van der Waals surface area contributed by atoms with Crippen LogP contribution in [0, 0.1) is 13.8 Å². The van der Waals surface area contributed by atoms with Crippen LogP contribution >= 0.6 is 0 Å². The van der Waals surface area contributed by atoms with Gasteiger partial charge in [0, 0.05) is 36.2 Å². The molecule has 4 nitrogen and oxygen atoms in total. The zero-order chi connectivity index (χ0) is 14.4. The maximum Gasteiger partial charge on any atom is 0.211 e. The van der Waals surface area contributed by atoms with Gasteiger partial charge in [-0.1, -0.05) is 12.1 Å². The molecule has 1 heterocycles. The molecule has 0 unspecified atom stereocenters. The van der Waals surface area contributed by atoms with Crippen LogP contribution in [-0.4, -0.2) is 17.9 Å². The minimum Gasteiger partial charge on any atom is -0.384 e. The normalized spacial score (nSPS) is 10.1. The fourth-order valence-electron chi connectivity index (χ4n) is 2.20. The Morgan fingerprint density at radius 3 is 2.75 bits per heavy atom. The molecular formula is C16H19N3O. The van der Waals surface area contributed by atoms with Crippen LogP contribution in [0.2, 0.25) is 0 Å². The van der Waals surface area contributed by atoms with Crippen molar-refractivity contribution >= 4 is 17.8 Å². The lowest BCUT2D eigenvalue weighted by Crippen LogP contribution is -2.09. The van der Waals surface area contributed by atoms with E-state index >= 15 is 0 Å². The molecule has 0 aliphatic heterocycles. The predicted octanol–water partition coefficient (Wildman–Crippen LogP) is 2.92. The number of amides is 1. The highest BCUT2D eigenvalue weighted by Gasteiger charge is 2.06. The molecule has 2 aromatic rings. The number of pyridine rings is 1. The van der Waals surface area contributed by atoms with E-state index < -0.39 is 0 Å². The van der Waals surface area contributed by atoms with E-state index in [0.717, 1.165) is 35.6 Å². The quantitative estimate of drug-likeness (QED) is 0.793. The molecule has 0 atom stereocenters. The van der Waals surface area contributed by atoms with Crippen molar-refractivity contribution in [2.45, 2.75) is 20.3 Å². The number of rotatable bonds is 6. The van der Waals surface area contributed by atoms with Gasteiger partial charge in [0.2, 0.25) is 6.41 Å². The maximum absolute atomic E-state index is 10.6. The molecule has 4 heteroatoms. The second-order valence-corrected chi connectivity index (χ2v) is 4.69. The smallest absolute Gasteiger partial charge is 0.211 e. The molecule has 0 saturated heterocycles. The topological polar surface area (TPSA) is 54.0 Å². The molecular weight excluding hydrogens is 250 g/mol. The Morgan fingerprint density at radius 2 is 2.05 bits per heavy atom. The summed E-state index contributed by atoms with van der Waals surface area (Å²) in [7, 11) is 0. The molecule has 0 aliphatic rings. The third-order valence-corrected chi connectivity index (χ3v) is 3.30. The molecule has 104 valence electrons. The van der Waals surface area contributed by atoms with Crippen LogP contribution in [0.1, 0.15) is 16.8 Å². The lowest BCUT2D eigenvalue weighted by atomic mass is 10.1. The number of aryl methyl sites for hydroxylation is 1. The van der Waals surface area contributed by atoms with Crippen molar-refractivity contribution in [3.05, 3.63) is 53.3 Å². The van der Waals surface area contributed by atoms with Crippen LogP contribution in [0.15, 0.2) is 36.5 Å². The molecule has 0 bridgehead atoms. The summed E-state index contributed by atoms with van der Waals surface area (Å²) in [6, 6.07) is 9.85. The Morgan fingerprint density at radius 1 is 1.20 bits per heavy atom. The van der Waals surface area contributed by atoms with Crippen LogP contribution in [-0.2, 0) is 11.2 Å².